The van der Waals surface area contributed by atoms with Crippen molar-refractivity contribution in [1.29, 1.82) is 0 Å². The highest BCUT2D eigenvalue weighted by molar-refractivity contribution is 5.34. The van der Waals surface area contributed by atoms with Gasteiger partial charge in [0.15, 0.2) is 5.82 Å². The molecule has 0 saturated carbocycles. The van der Waals surface area contributed by atoms with Crippen LogP contribution in [0.25, 0.3) is 0 Å². The number of hydrogen-bond donors (Lipinski definition) is 1. The van der Waals surface area contributed by atoms with E-state index in [0.29, 0.717) is 13.2 Å². The predicted octanol–water partition coefficient (Wildman–Crippen LogP) is 1.36. The van der Waals surface area contributed by atoms with Gasteiger partial charge in [0.05, 0.1) is 0 Å². The second-order valence-corrected chi connectivity index (χ2v) is 2.70. The van der Waals surface area contributed by atoms with E-state index in [0.717, 1.165) is 17.3 Å². The lowest BCUT2D eigenvalue weighted by Gasteiger charge is -2.04. The fourth-order valence-electron chi connectivity index (χ4n) is 1.02. The van der Waals surface area contributed by atoms with Gasteiger partial charge in [-0.15, -0.1) is 0 Å². The molecule has 0 amide bonds. The van der Waals surface area contributed by atoms with Gasteiger partial charge < -0.3 is 10.1 Å². The van der Waals surface area contributed by atoms with E-state index in [2.05, 4.69) is 15.3 Å². The van der Waals surface area contributed by atoms with Crippen molar-refractivity contribution < 1.29 is 4.74 Å². The second-order valence-electron chi connectivity index (χ2n) is 2.70. The third kappa shape index (κ3) is 2.99. The zero-order valence-electron chi connectivity index (χ0n) is 8.29. The molecule has 13 heavy (non-hydrogen) atoms. The van der Waals surface area contributed by atoms with E-state index < -0.39 is 0 Å². The molecule has 1 N–H and O–H groups in total. The van der Waals surface area contributed by atoms with E-state index in [1.54, 1.807) is 0 Å². The van der Waals surface area contributed by atoms with Crippen LogP contribution in [0, 0.1) is 6.92 Å². The summed E-state index contributed by atoms with van der Waals surface area (Å²) in [5.74, 6) is 1.56. The van der Waals surface area contributed by atoms with Gasteiger partial charge in [-0.05, 0) is 13.8 Å². The van der Waals surface area contributed by atoms with Crippen molar-refractivity contribution in [2.75, 3.05) is 19.0 Å². The monoisotopic (exact) mass is 181 g/mol. The molecule has 0 spiro atoms. The molecule has 0 fully saturated rings. The summed E-state index contributed by atoms with van der Waals surface area (Å²) in [5, 5.41) is 2.98. The average molecular weight is 181 g/mol. The molecule has 1 aromatic rings. The molecule has 1 aromatic heterocycles. The summed E-state index contributed by atoms with van der Waals surface area (Å²) < 4.78 is 5.22. The van der Waals surface area contributed by atoms with Crippen LogP contribution >= 0.6 is 0 Å². The molecule has 72 valence electrons. The number of hydrogen-bond acceptors (Lipinski definition) is 4. The molecule has 0 aliphatic heterocycles. The molecule has 4 nitrogen and oxygen atoms in total. The summed E-state index contributed by atoms with van der Waals surface area (Å²) in [5.41, 5.74) is 0.953. The van der Waals surface area contributed by atoms with E-state index in [9.17, 15) is 0 Å². The van der Waals surface area contributed by atoms with Crippen LogP contribution < -0.4 is 5.32 Å². The van der Waals surface area contributed by atoms with Crippen LogP contribution in [0.3, 0.4) is 0 Å². The summed E-state index contributed by atoms with van der Waals surface area (Å²) in [6.07, 6.45) is 0. The average Bonchev–Trinajstić information content (AvgIpc) is 2.14. The van der Waals surface area contributed by atoms with Crippen LogP contribution in [0.15, 0.2) is 6.07 Å². The Labute approximate surface area is 78.4 Å². The van der Waals surface area contributed by atoms with Gasteiger partial charge in [0, 0.05) is 25.4 Å². The number of ether oxygens (including phenoxy) is 1. The van der Waals surface area contributed by atoms with Crippen molar-refractivity contribution in [3.8, 4) is 0 Å². The minimum Gasteiger partial charge on any atom is -0.374 e. The highest BCUT2D eigenvalue weighted by Crippen LogP contribution is 2.05. The molecule has 1 rings (SSSR count). The molecule has 0 aliphatic carbocycles. The maximum absolute atomic E-state index is 5.22. The van der Waals surface area contributed by atoms with E-state index in [1.165, 1.54) is 0 Å². The second kappa shape index (κ2) is 4.77. The maximum Gasteiger partial charge on any atom is 0.156 e. The minimum absolute atomic E-state index is 0.479. The molecule has 0 atom stereocenters. The Bertz CT molecular complexity index is 276. The largest absolute Gasteiger partial charge is 0.374 e. The summed E-state index contributed by atoms with van der Waals surface area (Å²) in [6.45, 7) is 5.06. The Hall–Kier alpha value is -1.16. The van der Waals surface area contributed by atoms with Crippen molar-refractivity contribution in [3.05, 3.63) is 17.6 Å². The number of aryl methyl sites for hydroxylation is 1. The van der Waals surface area contributed by atoms with Crippen LogP contribution in [-0.4, -0.2) is 23.6 Å². The zero-order valence-corrected chi connectivity index (χ0v) is 8.29. The SMILES string of the molecule is CCOCc1nc(C)cc(NC)n1. The first-order valence-corrected chi connectivity index (χ1v) is 4.36. The highest BCUT2D eigenvalue weighted by Gasteiger charge is 1.99. The van der Waals surface area contributed by atoms with Crippen LogP contribution in [0.5, 0.6) is 0 Å². The maximum atomic E-state index is 5.22. The van der Waals surface area contributed by atoms with Crippen LogP contribution in [0.2, 0.25) is 0 Å². The Morgan fingerprint density at radius 2 is 2.23 bits per heavy atom. The van der Waals surface area contributed by atoms with Gasteiger partial charge in [0.2, 0.25) is 0 Å². The van der Waals surface area contributed by atoms with Crippen molar-refractivity contribution >= 4 is 5.82 Å². The molecule has 0 unspecified atom stereocenters. The summed E-state index contributed by atoms with van der Waals surface area (Å²) in [4.78, 5) is 8.49. The van der Waals surface area contributed by atoms with Gasteiger partial charge in [-0.1, -0.05) is 0 Å². The highest BCUT2D eigenvalue weighted by atomic mass is 16.5. The van der Waals surface area contributed by atoms with E-state index in [4.69, 9.17) is 4.74 Å². The third-order valence-electron chi connectivity index (χ3n) is 1.59. The lowest BCUT2D eigenvalue weighted by atomic mass is 10.4. The molecule has 0 aliphatic rings. The van der Waals surface area contributed by atoms with Gasteiger partial charge in [-0.3, -0.25) is 0 Å². The number of aromatic nitrogens is 2. The normalized spacial score (nSPS) is 10.1. The van der Waals surface area contributed by atoms with Crippen molar-refractivity contribution in [2.45, 2.75) is 20.5 Å². The Morgan fingerprint density at radius 1 is 1.46 bits per heavy atom. The standard InChI is InChI=1S/C9H15N3O/c1-4-13-6-9-11-7(2)5-8(10-3)12-9/h5H,4,6H2,1-3H3,(H,10,11,12). The lowest BCUT2D eigenvalue weighted by molar-refractivity contribution is 0.128. The predicted molar refractivity (Wildman–Crippen MR) is 51.6 cm³/mol. The molecule has 4 heteroatoms. The minimum atomic E-state index is 0.479. The van der Waals surface area contributed by atoms with Gasteiger partial charge in [0.25, 0.3) is 0 Å². The van der Waals surface area contributed by atoms with Gasteiger partial charge >= 0.3 is 0 Å². The number of anilines is 1. The van der Waals surface area contributed by atoms with Gasteiger partial charge in [0.1, 0.15) is 12.4 Å². The molecule has 0 aromatic carbocycles. The van der Waals surface area contributed by atoms with E-state index in [-0.39, 0.29) is 0 Å². The Kier molecular flexibility index (Phi) is 3.64. The fraction of sp³-hybridized carbons (Fsp3) is 0.556. The summed E-state index contributed by atoms with van der Waals surface area (Å²) >= 11 is 0. The lowest BCUT2D eigenvalue weighted by Crippen LogP contribution is -2.03. The number of rotatable bonds is 4. The van der Waals surface area contributed by atoms with Crippen LogP contribution in [0.1, 0.15) is 18.4 Å². The van der Waals surface area contributed by atoms with E-state index in [1.807, 2.05) is 27.0 Å². The Morgan fingerprint density at radius 3 is 2.85 bits per heavy atom. The van der Waals surface area contributed by atoms with Crippen molar-refractivity contribution in [3.63, 3.8) is 0 Å². The first-order chi connectivity index (χ1) is 6.26. The molecular weight excluding hydrogens is 166 g/mol. The topological polar surface area (TPSA) is 47.0 Å². The van der Waals surface area contributed by atoms with Crippen LogP contribution in [-0.2, 0) is 11.3 Å². The van der Waals surface area contributed by atoms with Crippen molar-refractivity contribution in [2.24, 2.45) is 0 Å². The smallest absolute Gasteiger partial charge is 0.156 e. The van der Waals surface area contributed by atoms with E-state index >= 15 is 0 Å². The Balaban J connectivity index is 2.76. The molecule has 0 saturated heterocycles. The van der Waals surface area contributed by atoms with Crippen LogP contribution in [0.4, 0.5) is 5.82 Å². The number of nitrogens with one attached hydrogen (secondary N) is 1. The first kappa shape index (κ1) is 9.92. The summed E-state index contributed by atoms with van der Waals surface area (Å²) in [7, 11) is 1.84. The molecule has 0 radical (unpaired) electrons. The van der Waals surface area contributed by atoms with Gasteiger partial charge in [-0.25, -0.2) is 9.97 Å². The molecule has 1 heterocycles. The molecule has 0 bridgehead atoms. The summed E-state index contributed by atoms with van der Waals surface area (Å²) in [6, 6.07) is 1.90. The van der Waals surface area contributed by atoms with Gasteiger partial charge in [-0.2, -0.15) is 0 Å². The number of nitrogens with zero attached hydrogens (tertiary/aromatic N) is 2. The quantitative estimate of drug-likeness (QED) is 0.762. The first-order valence-electron chi connectivity index (χ1n) is 4.36. The zero-order chi connectivity index (χ0) is 9.68. The van der Waals surface area contributed by atoms with Crippen molar-refractivity contribution in [1.82, 2.24) is 9.97 Å². The fourth-order valence-corrected chi connectivity index (χ4v) is 1.02. The molecular formula is C9H15N3O. The third-order valence-corrected chi connectivity index (χ3v) is 1.59.